The highest BCUT2D eigenvalue weighted by Gasteiger charge is 2.21. The quantitative estimate of drug-likeness (QED) is 0.234. The molecule has 1 atom stereocenters. The van der Waals surface area contributed by atoms with Crippen LogP contribution in [0.2, 0.25) is 0 Å². The van der Waals surface area contributed by atoms with Crippen molar-refractivity contribution in [3.8, 4) is 0 Å². The van der Waals surface area contributed by atoms with E-state index >= 15 is 0 Å². The van der Waals surface area contributed by atoms with Crippen molar-refractivity contribution in [3.05, 3.63) is 41.4 Å². The maximum Gasteiger partial charge on any atom is 0.193 e. The number of hydrogen-bond acceptors (Lipinski definition) is 4. The molecule has 1 N–H and O–H groups in total. The van der Waals surface area contributed by atoms with Crippen LogP contribution in [-0.2, 0) is 6.54 Å². The molecule has 1 unspecified atom stereocenters. The SMILES string of the molecule is C=CCN(CC=C)C(CNC(=NC)N(C)Cc1csc(C)n1)C(C)C.I. The smallest absolute Gasteiger partial charge is 0.193 e. The summed E-state index contributed by atoms with van der Waals surface area (Å²) in [6, 6.07) is 0.377. The van der Waals surface area contributed by atoms with Crippen LogP contribution in [0.1, 0.15) is 24.5 Å². The molecule has 0 bridgehead atoms. The van der Waals surface area contributed by atoms with Crippen molar-refractivity contribution >= 4 is 41.3 Å². The summed E-state index contributed by atoms with van der Waals surface area (Å²) in [6.45, 7) is 17.6. The van der Waals surface area contributed by atoms with E-state index in [2.05, 4.69) is 57.5 Å². The third-order valence-electron chi connectivity index (χ3n) is 4.07. The largest absolute Gasteiger partial charge is 0.355 e. The molecule has 0 aliphatic heterocycles. The van der Waals surface area contributed by atoms with Crippen molar-refractivity contribution in [2.24, 2.45) is 10.9 Å². The zero-order valence-corrected chi connectivity index (χ0v) is 19.9. The fourth-order valence-corrected chi connectivity index (χ4v) is 3.45. The number of aryl methyl sites for hydroxylation is 1. The van der Waals surface area contributed by atoms with Gasteiger partial charge < -0.3 is 10.2 Å². The van der Waals surface area contributed by atoms with Crippen LogP contribution in [-0.4, -0.2) is 60.5 Å². The summed E-state index contributed by atoms with van der Waals surface area (Å²) in [5.74, 6) is 1.39. The molecule has 1 aromatic heterocycles. The summed E-state index contributed by atoms with van der Waals surface area (Å²) in [5, 5.41) is 6.71. The van der Waals surface area contributed by atoms with E-state index in [1.807, 2.05) is 33.2 Å². The first-order valence-electron chi connectivity index (χ1n) is 8.71. The van der Waals surface area contributed by atoms with Gasteiger partial charge in [0.15, 0.2) is 5.96 Å². The molecule has 0 aromatic carbocycles. The molecular weight excluding hydrogens is 457 g/mol. The van der Waals surface area contributed by atoms with Gasteiger partial charge in [-0.25, -0.2) is 4.98 Å². The summed E-state index contributed by atoms with van der Waals surface area (Å²) in [5.41, 5.74) is 1.08. The van der Waals surface area contributed by atoms with E-state index in [9.17, 15) is 0 Å². The predicted molar refractivity (Wildman–Crippen MR) is 126 cm³/mol. The van der Waals surface area contributed by atoms with Gasteiger partial charge in [-0.2, -0.15) is 0 Å². The molecule has 0 radical (unpaired) electrons. The van der Waals surface area contributed by atoms with Gasteiger partial charge in [-0.05, 0) is 12.8 Å². The number of aliphatic imine (C=N–C) groups is 1. The van der Waals surface area contributed by atoms with E-state index in [4.69, 9.17) is 0 Å². The average molecular weight is 491 g/mol. The fourth-order valence-electron chi connectivity index (χ4n) is 2.84. The highest BCUT2D eigenvalue weighted by molar-refractivity contribution is 14.0. The van der Waals surface area contributed by atoms with Crippen LogP contribution in [0.25, 0.3) is 0 Å². The maximum absolute atomic E-state index is 4.53. The van der Waals surface area contributed by atoms with Crippen LogP contribution in [0.3, 0.4) is 0 Å². The fraction of sp³-hybridized carbons (Fsp3) is 0.579. The van der Waals surface area contributed by atoms with Crippen LogP contribution in [0.15, 0.2) is 35.7 Å². The van der Waals surface area contributed by atoms with Gasteiger partial charge in [-0.1, -0.05) is 26.0 Å². The van der Waals surface area contributed by atoms with Gasteiger partial charge in [-0.3, -0.25) is 9.89 Å². The first-order chi connectivity index (χ1) is 11.9. The van der Waals surface area contributed by atoms with E-state index in [0.717, 1.165) is 42.8 Å². The summed E-state index contributed by atoms with van der Waals surface area (Å²) in [6.07, 6.45) is 3.90. The number of nitrogens with one attached hydrogen (secondary N) is 1. The monoisotopic (exact) mass is 491 g/mol. The van der Waals surface area contributed by atoms with Crippen molar-refractivity contribution < 1.29 is 0 Å². The molecule has 5 nitrogen and oxygen atoms in total. The summed E-state index contributed by atoms with van der Waals surface area (Å²) >= 11 is 1.68. The molecule has 0 spiro atoms. The van der Waals surface area contributed by atoms with Crippen LogP contribution in [0.5, 0.6) is 0 Å². The Balaban J connectivity index is 0.00000625. The summed E-state index contributed by atoms with van der Waals surface area (Å²) < 4.78 is 0. The molecule has 0 amide bonds. The zero-order chi connectivity index (χ0) is 18.8. The minimum atomic E-state index is 0. The lowest BCUT2D eigenvalue weighted by molar-refractivity contribution is 0.189. The molecule has 0 saturated carbocycles. The van der Waals surface area contributed by atoms with Crippen LogP contribution in [0.4, 0.5) is 0 Å². The lowest BCUT2D eigenvalue weighted by Gasteiger charge is -2.34. The number of thiazole rings is 1. The van der Waals surface area contributed by atoms with Gasteiger partial charge in [-0.15, -0.1) is 48.5 Å². The number of nitrogens with zero attached hydrogens (tertiary/aromatic N) is 4. The standard InChI is InChI=1S/C19H33N5S.HI/c1-8-10-24(11-9-2)18(15(3)4)12-21-19(20-6)23(7)13-17-14-25-16(5)22-17;/h8-9,14-15,18H,1-2,10-13H2,3-7H3,(H,20,21);1H. The average Bonchev–Trinajstić information content (AvgIpc) is 2.96. The molecule has 0 fully saturated rings. The van der Waals surface area contributed by atoms with Crippen LogP contribution < -0.4 is 5.32 Å². The Morgan fingerprint density at radius 1 is 1.35 bits per heavy atom. The Morgan fingerprint density at radius 3 is 2.38 bits per heavy atom. The zero-order valence-electron chi connectivity index (χ0n) is 16.7. The minimum Gasteiger partial charge on any atom is -0.355 e. The molecule has 148 valence electrons. The molecule has 0 saturated heterocycles. The first-order valence-corrected chi connectivity index (χ1v) is 9.59. The number of aromatic nitrogens is 1. The Bertz CT molecular complexity index is 560. The second kappa shape index (κ2) is 13.3. The van der Waals surface area contributed by atoms with E-state index in [0.29, 0.717) is 12.0 Å². The van der Waals surface area contributed by atoms with Crippen LogP contribution in [0, 0.1) is 12.8 Å². The van der Waals surface area contributed by atoms with Crippen LogP contribution >= 0.6 is 35.3 Å². The number of rotatable bonds is 10. The molecule has 7 heteroatoms. The Kier molecular flexibility index (Phi) is 12.8. The molecule has 0 aliphatic carbocycles. The van der Waals surface area contributed by atoms with Gasteiger partial charge >= 0.3 is 0 Å². The molecule has 1 heterocycles. The summed E-state index contributed by atoms with van der Waals surface area (Å²) in [7, 11) is 3.86. The normalized spacial score (nSPS) is 12.7. The van der Waals surface area contributed by atoms with Gasteiger partial charge in [0.2, 0.25) is 0 Å². The molecule has 0 aliphatic rings. The van der Waals surface area contributed by atoms with Crippen molar-refractivity contribution in [3.63, 3.8) is 0 Å². The highest BCUT2D eigenvalue weighted by Crippen LogP contribution is 2.12. The van der Waals surface area contributed by atoms with Gasteiger partial charge in [0.1, 0.15) is 0 Å². The predicted octanol–water partition coefficient (Wildman–Crippen LogP) is 3.78. The molecule has 1 aromatic rings. The number of halogens is 1. The Morgan fingerprint density at radius 2 is 1.96 bits per heavy atom. The lowest BCUT2D eigenvalue weighted by atomic mass is 10.0. The van der Waals surface area contributed by atoms with E-state index in [-0.39, 0.29) is 24.0 Å². The highest BCUT2D eigenvalue weighted by atomic mass is 127. The maximum atomic E-state index is 4.53. The second-order valence-electron chi connectivity index (χ2n) is 6.48. The summed E-state index contributed by atoms with van der Waals surface area (Å²) in [4.78, 5) is 13.4. The van der Waals surface area contributed by atoms with Gasteiger partial charge in [0.05, 0.1) is 17.2 Å². The van der Waals surface area contributed by atoms with Gasteiger partial charge in [0.25, 0.3) is 0 Å². The first kappa shape index (κ1) is 25.1. The van der Waals surface area contributed by atoms with Gasteiger partial charge in [0, 0.05) is 45.2 Å². The van der Waals surface area contributed by atoms with E-state index in [1.165, 1.54) is 0 Å². The molecule has 1 rings (SSSR count). The molecular formula is C19H34IN5S. The van der Waals surface area contributed by atoms with Crippen molar-refractivity contribution in [2.75, 3.05) is 33.7 Å². The Hall–Kier alpha value is -0.930. The minimum absolute atomic E-state index is 0. The van der Waals surface area contributed by atoms with Crippen molar-refractivity contribution in [1.29, 1.82) is 0 Å². The third kappa shape index (κ3) is 8.18. The number of hydrogen-bond donors (Lipinski definition) is 1. The lowest BCUT2D eigenvalue weighted by Crippen LogP contribution is -2.49. The van der Waals surface area contributed by atoms with Crippen molar-refractivity contribution in [1.82, 2.24) is 20.1 Å². The Labute approximate surface area is 180 Å². The number of guanidine groups is 1. The van der Waals surface area contributed by atoms with E-state index in [1.54, 1.807) is 11.3 Å². The second-order valence-corrected chi connectivity index (χ2v) is 7.55. The topological polar surface area (TPSA) is 43.8 Å². The molecule has 26 heavy (non-hydrogen) atoms. The van der Waals surface area contributed by atoms with E-state index < -0.39 is 0 Å². The van der Waals surface area contributed by atoms with Crippen molar-refractivity contribution in [2.45, 2.75) is 33.4 Å². The third-order valence-corrected chi connectivity index (χ3v) is 4.90.